The molecule has 0 unspecified atom stereocenters. The number of hydrogen-bond donors (Lipinski definition) is 0. The second kappa shape index (κ2) is 9.56. The summed E-state index contributed by atoms with van der Waals surface area (Å²) in [6.45, 7) is 5.62. The number of rotatable bonds is 6. The van der Waals surface area contributed by atoms with Crippen molar-refractivity contribution in [3.8, 4) is 10.6 Å². The van der Waals surface area contributed by atoms with Gasteiger partial charge < -0.3 is 4.90 Å². The van der Waals surface area contributed by atoms with Crippen LogP contribution in [-0.4, -0.2) is 34.7 Å². The summed E-state index contributed by atoms with van der Waals surface area (Å²) in [6.07, 6.45) is 4.12. The molecule has 1 aromatic heterocycles. The van der Waals surface area contributed by atoms with Gasteiger partial charge in [-0.3, -0.25) is 9.59 Å². The van der Waals surface area contributed by atoms with E-state index in [1.165, 1.54) is 16.9 Å². The van der Waals surface area contributed by atoms with Gasteiger partial charge in [0.05, 0.1) is 6.20 Å². The third-order valence-electron chi connectivity index (χ3n) is 5.77. The van der Waals surface area contributed by atoms with Crippen LogP contribution >= 0.6 is 11.3 Å². The number of amides is 1. The third kappa shape index (κ3) is 5.10. The van der Waals surface area contributed by atoms with Crippen LogP contribution in [0.1, 0.15) is 52.3 Å². The molecule has 0 atom stereocenters. The number of piperidine rings is 1. The van der Waals surface area contributed by atoms with Crippen LogP contribution in [0.2, 0.25) is 0 Å². The monoisotopic (exact) mass is 432 g/mol. The highest BCUT2D eigenvalue weighted by Gasteiger charge is 2.29. The SMILES string of the molecule is CC(C)Cc1ccc(C(=O)C2CCN(C(=O)c3cnc(-c4ccccc4)s3)CC2)cc1. The topological polar surface area (TPSA) is 50.3 Å². The van der Waals surface area contributed by atoms with E-state index in [0.717, 1.165) is 22.6 Å². The molecule has 0 radical (unpaired) electrons. The largest absolute Gasteiger partial charge is 0.338 e. The lowest BCUT2D eigenvalue weighted by molar-refractivity contribution is 0.0654. The Balaban J connectivity index is 1.34. The molecule has 3 aromatic rings. The lowest BCUT2D eigenvalue weighted by Crippen LogP contribution is -2.40. The van der Waals surface area contributed by atoms with Crippen LogP contribution in [0, 0.1) is 11.8 Å². The van der Waals surface area contributed by atoms with Gasteiger partial charge in [0.2, 0.25) is 0 Å². The van der Waals surface area contributed by atoms with Crippen molar-refractivity contribution in [3.05, 3.63) is 76.8 Å². The average Bonchev–Trinajstić information content (AvgIpc) is 3.29. The summed E-state index contributed by atoms with van der Waals surface area (Å²) < 4.78 is 0. The van der Waals surface area contributed by atoms with Crippen molar-refractivity contribution in [2.24, 2.45) is 11.8 Å². The Hall–Kier alpha value is -2.79. The molecule has 31 heavy (non-hydrogen) atoms. The maximum absolute atomic E-state index is 12.9. The number of likely N-dealkylation sites (tertiary alicyclic amines) is 1. The zero-order valence-electron chi connectivity index (χ0n) is 18.1. The van der Waals surface area contributed by atoms with E-state index < -0.39 is 0 Å². The van der Waals surface area contributed by atoms with Gasteiger partial charge in [-0.1, -0.05) is 68.4 Å². The molecule has 2 heterocycles. The van der Waals surface area contributed by atoms with Crippen LogP contribution in [-0.2, 0) is 6.42 Å². The molecule has 0 saturated carbocycles. The smallest absolute Gasteiger partial charge is 0.265 e. The third-order valence-corrected chi connectivity index (χ3v) is 6.81. The quantitative estimate of drug-likeness (QED) is 0.467. The Morgan fingerprint density at radius 1 is 1.03 bits per heavy atom. The fourth-order valence-electron chi connectivity index (χ4n) is 4.10. The van der Waals surface area contributed by atoms with Crippen molar-refractivity contribution in [2.75, 3.05) is 13.1 Å². The number of carbonyl (C=O) groups is 2. The molecule has 1 fully saturated rings. The van der Waals surface area contributed by atoms with Crippen LogP contribution in [0.25, 0.3) is 10.6 Å². The van der Waals surface area contributed by atoms with Gasteiger partial charge in [-0.25, -0.2) is 4.98 Å². The first-order valence-electron chi connectivity index (χ1n) is 10.9. The number of ketones is 1. The average molecular weight is 433 g/mol. The molecule has 1 aliphatic heterocycles. The van der Waals surface area contributed by atoms with Crippen LogP contribution < -0.4 is 0 Å². The molecule has 0 aliphatic carbocycles. The van der Waals surface area contributed by atoms with Crippen LogP contribution in [0.15, 0.2) is 60.8 Å². The van der Waals surface area contributed by atoms with E-state index in [0.29, 0.717) is 36.7 Å². The molecule has 1 saturated heterocycles. The summed E-state index contributed by atoms with van der Waals surface area (Å²) in [5.41, 5.74) is 3.08. The highest BCUT2D eigenvalue weighted by Crippen LogP contribution is 2.28. The van der Waals surface area contributed by atoms with Gasteiger partial charge >= 0.3 is 0 Å². The number of thiazole rings is 1. The second-order valence-corrected chi connectivity index (χ2v) is 9.65. The first-order valence-corrected chi connectivity index (χ1v) is 11.8. The lowest BCUT2D eigenvalue weighted by Gasteiger charge is -2.31. The molecule has 0 spiro atoms. The van der Waals surface area contributed by atoms with E-state index >= 15 is 0 Å². The van der Waals surface area contributed by atoms with Gasteiger partial charge in [0, 0.05) is 30.1 Å². The van der Waals surface area contributed by atoms with Gasteiger partial charge in [0.15, 0.2) is 5.78 Å². The van der Waals surface area contributed by atoms with Crippen LogP contribution in [0.4, 0.5) is 0 Å². The molecule has 5 heteroatoms. The predicted molar refractivity (Wildman–Crippen MR) is 125 cm³/mol. The Morgan fingerprint density at radius 3 is 2.35 bits per heavy atom. The highest BCUT2D eigenvalue weighted by molar-refractivity contribution is 7.16. The number of benzene rings is 2. The molecular weight excluding hydrogens is 404 g/mol. The first-order chi connectivity index (χ1) is 15.0. The van der Waals surface area contributed by atoms with Crippen molar-refractivity contribution in [1.82, 2.24) is 9.88 Å². The fraction of sp³-hybridized carbons (Fsp3) is 0.346. The Morgan fingerprint density at radius 2 is 1.71 bits per heavy atom. The fourth-order valence-corrected chi connectivity index (χ4v) is 4.99. The predicted octanol–water partition coefficient (Wildman–Crippen LogP) is 5.74. The van der Waals surface area contributed by atoms with Crippen molar-refractivity contribution < 1.29 is 9.59 Å². The number of hydrogen-bond acceptors (Lipinski definition) is 4. The molecule has 0 N–H and O–H groups in total. The molecule has 4 rings (SSSR count). The highest BCUT2D eigenvalue weighted by atomic mass is 32.1. The van der Waals surface area contributed by atoms with E-state index in [4.69, 9.17) is 0 Å². The van der Waals surface area contributed by atoms with Gasteiger partial charge in [0.1, 0.15) is 9.88 Å². The summed E-state index contributed by atoms with van der Waals surface area (Å²) in [5.74, 6) is 0.808. The van der Waals surface area contributed by atoms with E-state index in [9.17, 15) is 9.59 Å². The van der Waals surface area contributed by atoms with Gasteiger partial charge in [0.25, 0.3) is 5.91 Å². The summed E-state index contributed by atoms with van der Waals surface area (Å²) >= 11 is 1.43. The Bertz CT molecular complexity index is 1030. The van der Waals surface area contributed by atoms with Crippen LogP contribution in [0.3, 0.4) is 0 Å². The van der Waals surface area contributed by atoms with Crippen molar-refractivity contribution in [1.29, 1.82) is 0 Å². The standard InChI is InChI=1S/C26H28N2O2S/c1-18(2)16-19-8-10-20(11-9-19)24(29)21-12-14-28(15-13-21)26(30)23-17-27-25(31-23)22-6-4-3-5-7-22/h3-11,17-18,21H,12-16H2,1-2H3. The minimum Gasteiger partial charge on any atom is -0.338 e. The Labute approximate surface area is 187 Å². The zero-order chi connectivity index (χ0) is 21.8. The lowest BCUT2D eigenvalue weighted by atomic mass is 9.88. The van der Waals surface area contributed by atoms with E-state index in [1.807, 2.05) is 47.4 Å². The minimum atomic E-state index is -0.0126. The van der Waals surface area contributed by atoms with Gasteiger partial charge in [-0.05, 0) is 30.7 Å². The summed E-state index contributed by atoms with van der Waals surface area (Å²) in [6, 6.07) is 18.0. The van der Waals surface area contributed by atoms with E-state index in [1.54, 1.807) is 6.20 Å². The number of Topliss-reactive ketones (excluding diaryl/α,β-unsaturated/α-hetero) is 1. The molecule has 0 bridgehead atoms. The Kier molecular flexibility index (Phi) is 6.62. The normalized spacial score (nSPS) is 14.7. The van der Waals surface area contributed by atoms with Gasteiger partial charge in [-0.2, -0.15) is 0 Å². The molecule has 1 amide bonds. The zero-order valence-corrected chi connectivity index (χ0v) is 18.9. The number of carbonyl (C=O) groups excluding carboxylic acids is 2. The second-order valence-electron chi connectivity index (χ2n) is 8.62. The number of aromatic nitrogens is 1. The minimum absolute atomic E-state index is 0.0126. The van der Waals surface area contributed by atoms with E-state index in [-0.39, 0.29) is 17.6 Å². The first kappa shape index (κ1) is 21.4. The summed E-state index contributed by atoms with van der Waals surface area (Å²) in [4.78, 5) is 32.8. The summed E-state index contributed by atoms with van der Waals surface area (Å²) in [5, 5.41) is 0.856. The molecular formula is C26H28N2O2S. The molecule has 1 aliphatic rings. The molecule has 4 nitrogen and oxygen atoms in total. The number of nitrogens with zero attached hydrogens (tertiary/aromatic N) is 2. The van der Waals surface area contributed by atoms with E-state index in [2.05, 4.69) is 31.0 Å². The van der Waals surface area contributed by atoms with Crippen molar-refractivity contribution >= 4 is 23.0 Å². The molecule has 160 valence electrons. The van der Waals surface area contributed by atoms with Crippen molar-refractivity contribution in [2.45, 2.75) is 33.1 Å². The van der Waals surface area contributed by atoms with Crippen LogP contribution in [0.5, 0.6) is 0 Å². The van der Waals surface area contributed by atoms with Gasteiger partial charge in [-0.15, -0.1) is 11.3 Å². The summed E-state index contributed by atoms with van der Waals surface area (Å²) in [7, 11) is 0. The maximum atomic E-state index is 12.9. The maximum Gasteiger partial charge on any atom is 0.265 e. The van der Waals surface area contributed by atoms with Crippen molar-refractivity contribution in [3.63, 3.8) is 0 Å². The molecule has 2 aromatic carbocycles.